The number of hydrogen-bond donors (Lipinski definition) is 0. The van der Waals surface area contributed by atoms with Crippen molar-refractivity contribution >= 4 is 54.0 Å². The molecule has 5 rings (SSSR count). The average Bonchev–Trinajstić information content (AvgIpc) is 3.58. The monoisotopic (exact) mass is 519 g/mol. The van der Waals surface area contributed by atoms with E-state index in [4.69, 9.17) is 0 Å². The molecule has 1 aliphatic heterocycles. The van der Waals surface area contributed by atoms with E-state index in [0.29, 0.717) is 12.8 Å². The smallest absolute Gasteiger partial charge is 0.253 e. The summed E-state index contributed by atoms with van der Waals surface area (Å²) in [4.78, 5) is 19.5. The van der Waals surface area contributed by atoms with Crippen molar-refractivity contribution in [1.29, 1.82) is 0 Å². The first kappa shape index (κ1) is 23.0. The number of rotatable bonds is 6. The molecule has 1 amide bonds. The number of sulfonamides is 1. The lowest BCUT2D eigenvalue weighted by Gasteiger charge is -2.28. The summed E-state index contributed by atoms with van der Waals surface area (Å²) in [5.41, 5.74) is 0.772. The van der Waals surface area contributed by atoms with Gasteiger partial charge in [0.05, 0.1) is 11.2 Å². The second-order valence-electron chi connectivity index (χ2n) is 7.85. The largest absolute Gasteiger partial charge is 0.282 e. The quantitative estimate of drug-likeness (QED) is 0.359. The Bertz CT molecular complexity index is 1440. The van der Waals surface area contributed by atoms with Crippen LogP contribution in [0.15, 0.2) is 64.2 Å². The Balaban J connectivity index is 1.55. The lowest BCUT2D eigenvalue weighted by Crippen LogP contribution is -2.47. The third kappa shape index (κ3) is 4.24. The average molecular weight is 520 g/mol. The Kier molecular flexibility index (Phi) is 6.19. The summed E-state index contributed by atoms with van der Waals surface area (Å²) in [7, 11) is -3.84. The summed E-state index contributed by atoms with van der Waals surface area (Å²) in [6.45, 7) is 0.350. The summed E-state index contributed by atoms with van der Waals surface area (Å²) in [6, 6.07) is 13.4. The maximum Gasteiger partial charge on any atom is 0.253 e. The molecular weight excluding hydrogens is 500 g/mol. The molecule has 2 aromatic carbocycles. The Morgan fingerprint density at radius 2 is 1.94 bits per heavy atom. The molecule has 0 saturated carbocycles. The maximum atomic E-state index is 14.3. The predicted octanol–water partition coefficient (Wildman–Crippen LogP) is 5.02. The number of carbonyl (C=O) groups excluding carboxylic acids is 1. The molecule has 34 heavy (non-hydrogen) atoms. The van der Waals surface area contributed by atoms with E-state index in [1.54, 1.807) is 11.4 Å². The molecule has 2 aromatic heterocycles. The molecular formula is C23H19F2N3O3S3. The number of halogens is 2. The van der Waals surface area contributed by atoms with Crippen molar-refractivity contribution in [2.45, 2.75) is 29.6 Å². The molecule has 11 heteroatoms. The van der Waals surface area contributed by atoms with Crippen LogP contribution in [-0.2, 0) is 21.4 Å². The van der Waals surface area contributed by atoms with E-state index < -0.39 is 33.6 Å². The summed E-state index contributed by atoms with van der Waals surface area (Å²) in [5, 5.41) is 1.87. The molecule has 3 heterocycles. The standard InChI is InChI=1S/C23H19F2N3O3S3/c24-16-12-17(25)21-19(13-16)33-23(26-21)27(14-15-6-2-1-3-7-15)22(29)18-8-4-10-28(18)34(30,31)20-9-5-11-32-20/h1-3,5-7,9,11-13,18H,4,8,10,14H2. The highest BCUT2D eigenvalue weighted by Crippen LogP contribution is 2.35. The Hall–Kier alpha value is -2.73. The highest BCUT2D eigenvalue weighted by Gasteiger charge is 2.42. The summed E-state index contributed by atoms with van der Waals surface area (Å²) in [6.07, 6.45) is 0.905. The number of amides is 1. The van der Waals surface area contributed by atoms with E-state index in [1.807, 2.05) is 30.3 Å². The predicted molar refractivity (Wildman–Crippen MR) is 128 cm³/mol. The van der Waals surface area contributed by atoms with Crippen LogP contribution in [0.3, 0.4) is 0 Å². The Labute approximate surface area is 203 Å². The zero-order valence-corrected chi connectivity index (χ0v) is 20.2. The fourth-order valence-corrected chi connectivity index (χ4v) is 7.83. The van der Waals surface area contributed by atoms with Gasteiger partial charge in [-0.25, -0.2) is 22.2 Å². The Morgan fingerprint density at radius 3 is 2.68 bits per heavy atom. The minimum Gasteiger partial charge on any atom is -0.282 e. The second kappa shape index (κ2) is 9.14. The van der Waals surface area contributed by atoms with Gasteiger partial charge in [0.15, 0.2) is 10.9 Å². The molecule has 1 unspecified atom stereocenters. The van der Waals surface area contributed by atoms with E-state index in [2.05, 4.69) is 4.98 Å². The van der Waals surface area contributed by atoms with Gasteiger partial charge in [0, 0.05) is 12.6 Å². The van der Waals surface area contributed by atoms with E-state index in [9.17, 15) is 22.0 Å². The van der Waals surface area contributed by atoms with Crippen molar-refractivity contribution in [2.75, 3.05) is 11.4 Å². The molecule has 1 atom stereocenters. The highest BCUT2D eigenvalue weighted by atomic mass is 32.2. The van der Waals surface area contributed by atoms with Gasteiger partial charge < -0.3 is 0 Å². The number of thiazole rings is 1. The van der Waals surface area contributed by atoms with Crippen LogP contribution in [0.1, 0.15) is 18.4 Å². The van der Waals surface area contributed by atoms with Crippen LogP contribution in [0.2, 0.25) is 0 Å². The van der Waals surface area contributed by atoms with Crippen LogP contribution in [0.5, 0.6) is 0 Å². The maximum absolute atomic E-state index is 14.3. The topological polar surface area (TPSA) is 70.6 Å². The highest BCUT2D eigenvalue weighted by molar-refractivity contribution is 7.91. The molecule has 0 aliphatic carbocycles. The molecule has 1 fully saturated rings. The van der Waals surface area contributed by atoms with Gasteiger partial charge in [-0.05, 0) is 35.9 Å². The zero-order valence-electron chi connectivity index (χ0n) is 17.7. The second-order valence-corrected chi connectivity index (χ2v) is 11.9. The lowest BCUT2D eigenvalue weighted by atomic mass is 10.1. The first-order valence-electron chi connectivity index (χ1n) is 10.5. The number of aromatic nitrogens is 1. The van der Waals surface area contributed by atoms with Gasteiger partial charge >= 0.3 is 0 Å². The molecule has 6 nitrogen and oxygen atoms in total. The van der Waals surface area contributed by atoms with Crippen LogP contribution in [-0.4, -0.2) is 36.2 Å². The molecule has 0 N–H and O–H groups in total. The van der Waals surface area contributed by atoms with Crippen molar-refractivity contribution < 1.29 is 22.0 Å². The van der Waals surface area contributed by atoms with E-state index in [0.717, 1.165) is 34.3 Å². The number of fused-ring (bicyclic) bond motifs is 1. The molecule has 4 aromatic rings. The van der Waals surface area contributed by atoms with Gasteiger partial charge in [0.25, 0.3) is 10.0 Å². The fraction of sp³-hybridized carbons (Fsp3) is 0.217. The van der Waals surface area contributed by atoms with Gasteiger partial charge in [0.2, 0.25) is 5.91 Å². The van der Waals surface area contributed by atoms with Crippen molar-refractivity contribution in [3.05, 3.63) is 77.2 Å². The molecule has 176 valence electrons. The number of thiophene rings is 1. The summed E-state index contributed by atoms with van der Waals surface area (Å²) in [5.74, 6) is -1.99. The number of benzene rings is 2. The van der Waals surface area contributed by atoms with Gasteiger partial charge in [-0.15, -0.1) is 11.3 Å². The van der Waals surface area contributed by atoms with Gasteiger partial charge in [-0.1, -0.05) is 47.7 Å². The van der Waals surface area contributed by atoms with E-state index in [-0.39, 0.29) is 32.6 Å². The fourth-order valence-electron chi connectivity index (χ4n) is 4.05. The Morgan fingerprint density at radius 1 is 1.15 bits per heavy atom. The third-order valence-corrected chi connectivity index (χ3v) is 9.94. The zero-order chi connectivity index (χ0) is 23.9. The number of anilines is 1. The molecule has 1 aliphatic rings. The third-order valence-electron chi connectivity index (χ3n) is 5.63. The molecule has 1 saturated heterocycles. The minimum absolute atomic E-state index is 0.0262. The summed E-state index contributed by atoms with van der Waals surface area (Å²) < 4.78 is 56.2. The number of carbonyl (C=O) groups is 1. The van der Waals surface area contributed by atoms with E-state index >= 15 is 0 Å². The SMILES string of the molecule is O=C(C1CCCN1S(=O)(=O)c1cccs1)N(Cc1ccccc1)c1nc2c(F)cc(F)cc2s1. The first-order chi connectivity index (χ1) is 16.3. The van der Waals surface area contributed by atoms with Gasteiger partial charge in [-0.3, -0.25) is 9.69 Å². The van der Waals surface area contributed by atoms with Crippen molar-refractivity contribution in [3.8, 4) is 0 Å². The van der Waals surface area contributed by atoms with Crippen LogP contribution in [0.25, 0.3) is 10.2 Å². The van der Waals surface area contributed by atoms with Gasteiger partial charge in [-0.2, -0.15) is 4.31 Å². The van der Waals surface area contributed by atoms with Crippen molar-refractivity contribution in [3.63, 3.8) is 0 Å². The minimum atomic E-state index is -3.84. The number of nitrogens with zero attached hydrogens (tertiary/aromatic N) is 3. The normalized spacial score (nSPS) is 16.8. The van der Waals surface area contributed by atoms with Gasteiger partial charge in [0.1, 0.15) is 21.6 Å². The van der Waals surface area contributed by atoms with Crippen LogP contribution >= 0.6 is 22.7 Å². The van der Waals surface area contributed by atoms with Crippen molar-refractivity contribution in [1.82, 2.24) is 9.29 Å². The van der Waals surface area contributed by atoms with Crippen LogP contribution in [0, 0.1) is 11.6 Å². The van der Waals surface area contributed by atoms with Crippen LogP contribution < -0.4 is 4.90 Å². The first-order valence-corrected chi connectivity index (χ1v) is 13.6. The number of hydrogen-bond acceptors (Lipinski definition) is 6. The molecule has 0 spiro atoms. The molecule has 0 bridgehead atoms. The lowest BCUT2D eigenvalue weighted by molar-refractivity contribution is -0.121. The van der Waals surface area contributed by atoms with Crippen LogP contribution in [0.4, 0.5) is 13.9 Å². The van der Waals surface area contributed by atoms with Crippen molar-refractivity contribution in [2.24, 2.45) is 0 Å². The molecule has 0 radical (unpaired) electrons. The van der Waals surface area contributed by atoms with E-state index in [1.165, 1.54) is 21.3 Å². The summed E-state index contributed by atoms with van der Waals surface area (Å²) >= 11 is 2.10.